The molecule has 5 nitrogen and oxygen atoms in total. The van der Waals surface area contributed by atoms with Crippen LogP contribution in [0.2, 0.25) is 0 Å². The Bertz CT molecular complexity index is 378. The van der Waals surface area contributed by atoms with Gasteiger partial charge in [-0.25, -0.2) is 5.48 Å². The van der Waals surface area contributed by atoms with Gasteiger partial charge < -0.3 is 10.1 Å². The first-order valence-corrected chi connectivity index (χ1v) is 6.61. The van der Waals surface area contributed by atoms with Gasteiger partial charge in [0.2, 0.25) is 0 Å². The van der Waals surface area contributed by atoms with Crippen molar-refractivity contribution < 1.29 is 14.4 Å². The zero-order valence-corrected chi connectivity index (χ0v) is 10.9. The monoisotopic (exact) mass is 264 g/mol. The van der Waals surface area contributed by atoms with Crippen molar-refractivity contribution >= 4 is 5.91 Å². The normalized spacial score (nSPS) is 16.2. The fraction of sp³-hybridized carbons (Fsp3) is 0.500. The van der Waals surface area contributed by atoms with Crippen LogP contribution in [0.1, 0.15) is 18.4 Å². The summed E-state index contributed by atoms with van der Waals surface area (Å²) in [4.78, 5) is 16.6. The van der Waals surface area contributed by atoms with Gasteiger partial charge in [0.05, 0.1) is 12.7 Å². The standard InChI is InChI=1S/C14H20N2O3/c17-14(11-18-13-6-8-15-9-7-13)16-19-10-12-4-2-1-3-5-12/h1-5,13,15H,6-11H2,(H,16,17). The maximum atomic E-state index is 11.5. The van der Waals surface area contributed by atoms with Gasteiger partial charge in [-0.1, -0.05) is 30.3 Å². The third-order valence-corrected chi connectivity index (χ3v) is 3.00. The van der Waals surface area contributed by atoms with Crippen molar-refractivity contribution in [2.75, 3.05) is 19.7 Å². The minimum absolute atomic E-state index is 0.0550. The molecule has 1 aromatic rings. The molecule has 1 fully saturated rings. The second kappa shape index (κ2) is 7.89. The lowest BCUT2D eigenvalue weighted by molar-refractivity contribution is -0.141. The summed E-state index contributed by atoms with van der Waals surface area (Å²) in [6.07, 6.45) is 2.09. The Kier molecular flexibility index (Phi) is 5.81. The van der Waals surface area contributed by atoms with E-state index < -0.39 is 0 Å². The van der Waals surface area contributed by atoms with Crippen molar-refractivity contribution in [3.8, 4) is 0 Å². The second-order valence-electron chi connectivity index (χ2n) is 4.56. The van der Waals surface area contributed by atoms with Crippen LogP contribution in [0.15, 0.2) is 30.3 Å². The first-order valence-electron chi connectivity index (χ1n) is 6.61. The van der Waals surface area contributed by atoms with E-state index in [9.17, 15) is 4.79 Å². The van der Waals surface area contributed by atoms with Crippen molar-refractivity contribution in [3.05, 3.63) is 35.9 Å². The first kappa shape index (κ1) is 14.0. The van der Waals surface area contributed by atoms with E-state index in [-0.39, 0.29) is 18.6 Å². The summed E-state index contributed by atoms with van der Waals surface area (Å²) in [5.41, 5.74) is 3.41. The Morgan fingerprint density at radius 2 is 2.00 bits per heavy atom. The molecule has 0 bridgehead atoms. The van der Waals surface area contributed by atoms with Crippen molar-refractivity contribution in [2.24, 2.45) is 0 Å². The molecule has 1 heterocycles. The fourth-order valence-corrected chi connectivity index (χ4v) is 1.96. The van der Waals surface area contributed by atoms with Crippen LogP contribution in [0.4, 0.5) is 0 Å². The molecule has 0 unspecified atom stereocenters. The number of nitrogens with one attached hydrogen (secondary N) is 2. The van der Waals surface area contributed by atoms with E-state index in [4.69, 9.17) is 9.57 Å². The Balaban J connectivity index is 1.57. The van der Waals surface area contributed by atoms with Gasteiger partial charge in [0.1, 0.15) is 6.61 Å². The van der Waals surface area contributed by atoms with Gasteiger partial charge in [0, 0.05) is 0 Å². The highest BCUT2D eigenvalue weighted by Crippen LogP contribution is 2.06. The van der Waals surface area contributed by atoms with Gasteiger partial charge in [0.25, 0.3) is 5.91 Å². The van der Waals surface area contributed by atoms with E-state index in [0.29, 0.717) is 6.61 Å². The Morgan fingerprint density at radius 3 is 2.74 bits per heavy atom. The lowest BCUT2D eigenvalue weighted by Crippen LogP contribution is -2.35. The molecule has 0 spiro atoms. The fourth-order valence-electron chi connectivity index (χ4n) is 1.96. The van der Waals surface area contributed by atoms with Crippen molar-refractivity contribution in [2.45, 2.75) is 25.6 Å². The van der Waals surface area contributed by atoms with Crippen LogP contribution in [0.25, 0.3) is 0 Å². The van der Waals surface area contributed by atoms with Crippen LogP contribution in [0, 0.1) is 0 Å². The molecule has 2 N–H and O–H groups in total. The summed E-state index contributed by atoms with van der Waals surface area (Å²) < 4.78 is 5.52. The molecule has 0 radical (unpaired) electrons. The zero-order valence-electron chi connectivity index (χ0n) is 10.9. The number of ether oxygens (including phenoxy) is 1. The highest BCUT2D eigenvalue weighted by Gasteiger charge is 2.14. The van der Waals surface area contributed by atoms with Gasteiger partial charge in [-0.05, 0) is 31.5 Å². The van der Waals surface area contributed by atoms with E-state index in [1.54, 1.807) is 0 Å². The highest BCUT2D eigenvalue weighted by molar-refractivity contribution is 5.76. The average Bonchev–Trinajstić information content (AvgIpc) is 2.47. The molecule has 5 heteroatoms. The van der Waals surface area contributed by atoms with Gasteiger partial charge >= 0.3 is 0 Å². The summed E-state index contributed by atoms with van der Waals surface area (Å²) in [5, 5.41) is 3.25. The van der Waals surface area contributed by atoms with Crippen molar-refractivity contribution in [1.29, 1.82) is 0 Å². The van der Waals surface area contributed by atoms with Crippen LogP contribution in [0.5, 0.6) is 0 Å². The Labute approximate surface area is 113 Å². The van der Waals surface area contributed by atoms with Gasteiger partial charge in [-0.15, -0.1) is 0 Å². The molecule has 1 amide bonds. The van der Waals surface area contributed by atoms with E-state index in [1.807, 2.05) is 30.3 Å². The maximum Gasteiger partial charge on any atom is 0.269 e. The highest BCUT2D eigenvalue weighted by atomic mass is 16.7. The number of benzene rings is 1. The lowest BCUT2D eigenvalue weighted by Gasteiger charge is -2.22. The molecule has 1 aliphatic heterocycles. The van der Waals surface area contributed by atoms with E-state index in [2.05, 4.69) is 10.8 Å². The third kappa shape index (κ3) is 5.38. The minimum Gasteiger partial charge on any atom is -0.368 e. The average molecular weight is 264 g/mol. The SMILES string of the molecule is O=C(COC1CCNCC1)NOCc1ccccc1. The van der Waals surface area contributed by atoms with Crippen LogP contribution >= 0.6 is 0 Å². The number of carbonyl (C=O) groups excluding carboxylic acids is 1. The van der Waals surface area contributed by atoms with Gasteiger partial charge in [-0.2, -0.15) is 0 Å². The summed E-state index contributed by atoms with van der Waals surface area (Å²) in [5.74, 6) is -0.241. The van der Waals surface area contributed by atoms with Crippen LogP contribution in [-0.4, -0.2) is 31.7 Å². The predicted octanol–water partition coefficient (Wildman–Crippen LogP) is 1.00. The predicted molar refractivity (Wildman–Crippen MR) is 71.2 cm³/mol. The summed E-state index contributed by atoms with van der Waals surface area (Å²) >= 11 is 0. The van der Waals surface area contributed by atoms with E-state index in [1.165, 1.54) is 0 Å². The molecule has 104 valence electrons. The van der Waals surface area contributed by atoms with Gasteiger partial charge in [0.15, 0.2) is 0 Å². The largest absolute Gasteiger partial charge is 0.368 e. The van der Waals surface area contributed by atoms with Crippen LogP contribution in [0.3, 0.4) is 0 Å². The number of amides is 1. The summed E-state index contributed by atoms with van der Waals surface area (Å²) in [6, 6.07) is 9.69. The molecule has 0 saturated carbocycles. The molecule has 0 atom stereocenters. The lowest BCUT2D eigenvalue weighted by atomic mass is 10.1. The molecule has 19 heavy (non-hydrogen) atoms. The number of rotatable bonds is 6. The van der Waals surface area contributed by atoms with E-state index >= 15 is 0 Å². The Morgan fingerprint density at radius 1 is 1.26 bits per heavy atom. The smallest absolute Gasteiger partial charge is 0.269 e. The number of piperidine rings is 1. The second-order valence-corrected chi connectivity index (χ2v) is 4.56. The van der Waals surface area contributed by atoms with Crippen molar-refractivity contribution in [1.82, 2.24) is 10.8 Å². The first-order chi connectivity index (χ1) is 9.34. The molecule has 1 aliphatic rings. The molecular formula is C14H20N2O3. The van der Waals surface area contributed by atoms with Crippen molar-refractivity contribution in [3.63, 3.8) is 0 Å². The van der Waals surface area contributed by atoms with E-state index in [0.717, 1.165) is 31.5 Å². The number of carbonyl (C=O) groups is 1. The molecule has 0 aromatic heterocycles. The minimum atomic E-state index is -0.241. The maximum absolute atomic E-state index is 11.5. The molecular weight excluding hydrogens is 244 g/mol. The number of hydroxylamine groups is 1. The number of hydrogen-bond acceptors (Lipinski definition) is 4. The van der Waals surface area contributed by atoms with Crippen LogP contribution < -0.4 is 10.8 Å². The summed E-state index contributed by atoms with van der Waals surface area (Å²) in [6.45, 7) is 2.33. The van der Waals surface area contributed by atoms with Gasteiger partial charge in [-0.3, -0.25) is 9.63 Å². The molecule has 1 saturated heterocycles. The number of hydrogen-bond donors (Lipinski definition) is 2. The Hall–Kier alpha value is -1.43. The van der Waals surface area contributed by atoms with Crippen LogP contribution in [-0.2, 0) is 21.0 Å². The molecule has 2 rings (SSSR count). The summed E-state index contributed by atoms with van der Waals surface area (Å²) in [7, 11) is 0. The zero-order chi connectivity index (χ0) is 13.3. The topological polar surface area (TPSA) is 59.6 Å². The molecule has 1 aromatic carbocycles. The quantitative estimate of drug-likeness (QED) is 0.753. The molecule has 0 aliphatic carbocycles. The third-order valence-electron chi connectivity index (χ3n) is 3.00.